The molecular weight excluding hydrogens is 198 g/mol. The van der Waals surface area contributed by atoms with Crippen molar-refractivity contribution in [1.82, 2.24) is 5.32 Å². The summed E-state index contributed by atoms with van der Waals surface area (Å²) in [6.45, 7) is 8.52. The average molecular weight is 227 g/mol. The van der Waals surface area contributed by atoms with Gasteiger partial charge in [-0.15, -0.1) is 0 Å². The third kappa shape index (κ3) is 5.86. The molecule has 0 aromatic carbocycles. The number of hydrogen-bond acceptors (Lipinski definition) is 2. The highest BCUT2D eigenvalue weighted by Gasteiger charge is 2.15. The fourth-order valence-corrected chi connectivity index (χ4v) is 2.14. The van der Waals surface area contributed by atoms with E-state index < -0.39 is 0 Å². The summed E-state index contributed by atoms with van der Waals surface area (Å²) >= 11 is 0. The minimum Gasteiger partial charge on any atom is -0.376 e. The Hall–Kier alpha value is -0.0800. The van der Waals surface area contributed by atoms with Crippen LogP contribution in [0.15, 0.2) is 0 Å². The minimum absolute atomic E-state index is 0.0604. The number of ether oxygens (including phenoxy) is 1. The van der Waals surface area contributed by atoms with Gasteiger partial charge in [0.15, 0.2) is 0 Å². The molecule has 0 aromatic heterocycles. The Morgan fingerprint density at radius 3 is 2.50 bits per heavy atom. The SMILES string of the molecule is CCC(C)(C)OCCCNC1CCCCC1. The highest BCUT2D eigenvalue weighted by atomic mass is 16.5. The predicted octanol–water partition coefficient (Wildman–Crippen LogP) is 3.50. The minimum atomic E-state index is 0.0604. The maximum absolute atomic E-state index is 5.83. The molecule has 0 aromatic rings. The van der Waals surface area contributed by atoms with Crippen molar-refractivity contribution < 1.29 is 4.74 Å². The normalized spacial score (nSPS) is 18.9. The molecule has 0 spiro atoms. The summed E-state index contributed by atoms with van der Waals surface area (Å²) < 4.78 is 5.83. The highest BCUT2D eigenvalue weighted by molar-refractivity contribution is 4.71. The predicted molar refractivity (Wildman–Crippen MR) is 69.8 cm³/mol. The molecule has 0 aliphatic heterocycles. The van der Waals surface area contributed by atoms with Gasteiger partial charge in [0, 0.05) is 12.6 Å². The zero-order chi connectivity index (χ0) is 11.9. The second-order valence-corrected chi connectivity index (χ2v) is 5.60. The smallest absolute Gasteiger partial charge is 0.0623 e. The first kappa shape index (κ1) is 14.0. The molecule has 1 rings (SSSR count). The molecule has 0 bridgehead atoms. The van der Waals surface area contributed by atoms with Gasteiger partial charge in [0.25, 0.3) is 0 Å². The molecule has 1 fully saturated rings. The Bertz CT molecular complexity index is 174. The van der Waals surface area contributed by atoms with Crippen LogP contribution in [0.2, 0.25) is 0 Å². The van der Waals surface area contributed by atoms with Crippen LogP contribution in [0, 0.1) is 0 Å². The zero-order valence-corrected chi connectivity index (χ0v) is 11.3. The molecule has 0 amide bonds. The van der Waals surface area contributed by atoms with E-state index in [0.29, 0.717) is 0 Å². The van der Waals surface area contributed by atoms with Crippen LogP contribution in [0.4, 0.5) is 0 Å². The van der Waals surface area contributed by atoms with Gasteiger partial charge >= 0.3 is 0 Å². The van der Waals surface area contributed by atoms with Gasteiger partial charge in [-0.2, -0.15) is 0 Å². The molecule has 1 N–H and O–H groups in total. The van der Waals surface area contributed by atoms with Crippen LogP contribution < -0.4 is 5.32 Å². The van der Waals surface area contributed by atoms with E-state index in [2.05, 4.69) is 26.1 Å². The fraction of sp³-hybridized carbons (Fsp3) is 1.00. The first-order valence-electron chi connectivity index (χ1n) is 7.01. The number of hydrogen-bond donors (Lipinski definition) is 1. The summed E-state index contributed by atoms with van der Waals surface area (Å²) in [5.41, 5.74) is 0.0604. The van der Waals surface area contributed by atoms with E-state index in [-0.39, 0.29) is 5.60 Å². The summed E-state index contributed by atoms with van der Waals surface area (Å²) in [6, 6.07) is 0.785. The lowest BCUT2D eigenvalue weighted by Crippen LogP contribution is -2.33. The molecule has 2 nitrogen and oxygen atoms in total. The molecule has 1 aliphatic carbocycles. The van der Waals surface area contributed by atoms with Crippen molar-refractivity contribution in [2.75, 3.05) is 13.2 Å². The lowest BCUT2D eigenvalue weighted by Gasteiger charge is -2.25. The van der Waals surface area contributed by atoms with E-state index >= 15 is 0 Å². The Kier molecular flexibility index (Phi) is 6.37. The number of rotatable bonds is 7. The summed E-state index contributed by atoms with van der Waals surface area (Å²) in [5, 5.41) is 3.65. The van der Waals surface area contributed by atoms with Crippen molar-refractivity contribution in [3.63, 3.8) is 0 Å². The van der Waals surface area contributed by atoms with Crippen LogP contribution >= 0.6 is 0 Å². The van der Waals surface area contributed by atoms with Crippen LogP contribution in [0.25, 0.3) is 0 Å². The van der Waals surface area contributed by atoms with Crippen LogP contribution in [-0.2, 0) is 4.74 Å². The van der Waals surface area contributed by atoms with Crippen molar-refractivity contribution in [2.45, 2.75) is 77.4 Å². The van der Waals surface area contributed by atoms with Gasteiger partial charge in [0.2, 0.25) is 0 Å². The monoisotopic (exact) mass is 227 g/mol. The topological polar surface area (TPSA) is 21.3 Å². The maximum atomic E-state index is 5.83. The van der Waals surface area contributed by atoms with E-state index in [9.17, 15) is 0 Å². The Labute approximate surface area is 101 Å². The van der Waals surface area contributed by atoms with E-state index in [1.165, 1.54) is 32.1 Å². The summed E-state index contributed by atoms with van der Waals surface area (Å²) in [4.78, 5) is 0. The van der Waals surface area contributed by atoms with E-state index in [4.69, 9.17) is 4.74 Å². The van der Waals surface area contributed by atoms with Crippen LogP contribution in [0.1, 0.15) is 65.7 Å². The molecule has 0 saturated heterocycles. The number of nitrogens with one attached hydrogen (secondary N) is 1. The van der Waals surface area contributed by atoms with Crippen LogP contribution in [0.5, 0.6) is 0 Å². The molecule has 1 aliphatic rings. The Morgan fingerprint density at radius 1 is 1.19 bits per heavy atom. The molecule has 0 atom stereocenters. The summed E-state index contributed by atoms with van der Waals surface area (Å²) in [7, 11) is 0. The first-order chi connectivity index (χ1) is 7.64. The summed E-state index contributed by atoms with van der Waals surface area (Å²) in [5.74, 6) is 0. The van der Waals surface area contributed by atoms with Gasteiger partial charge in [-0.1, -0.05) is 26.2 Å². The molecule has 0 heterocycles. The quantitative estimate of drug-likeness (QED) is 0.672. The largest absolute Gasteiger partial charge is 0.376 e. The second-order valence-electron chi connectivity index (χ2n) is 5.60. The van der Waals surface area contributed by atoms with Gasteiger partial charge in [0.1, 0.15) is 0 Å². The average Bonchev–Trinajstić information content (AvgIpc) is 2.30. The third-order valence-corrected chi connectivity index (χ3v) is 3.70. The highest BCUT2D eigenvalue weighted by Crippen LogP contribution is 2.17. The van der Waals surface area contributed by atoms with Crippen molar-refractivity contribution in [3.8, 4) is 0 Å². The van der Waals surface area contributed by atoms with Gasteiger partial charge in [-0.05, 0) is 46.1 Å². The van der Waals surface area contributed by atoms with Gasteiger partial charge in [-0.3, -0.25) is 0 Å². The molecule has 0 radical (unpaired) electrons. The van der Waals surface area contributed by atoms with Crippen molar-refractivity contribution in [2.24, 2.45) is 0 Å². The molecule has 16 heavy (non-hydrogen) atoms. The molecule has 2 heteroatoms. The second kappa shape index (κ2) is 7.29. The van der Waals surface area contributed by atoms with Gasteiger partial charge < -0.3 is 10.1 Å². The lowest BCUT2D eigenvalue weighted by molar-refractivity contribution is -0.0210. The van der Waals surface area contributed by atoms with Gasteiger partial charge in [0.05, 0.1) is 5.60 Å². The molecule has 1 saturated carbocycles. The van der Waals surface area contributed by atoms with Crippen LogP contribution in [0.3, 0.4) is 0 Å². The van der Waals surface area contributed by atoms with Crippen molar-refractivity contribution in [1.29, 1.82) is 0 Å². The standard InChI is InChI=1S/C14H29NO/c1-4-14(2,3)16-12-8-11-15-13-9-6-5-7-10-13/h13,15H,4-12H2,1-3H3. The molecule has 96 valence electrons. The van der Waals surface area contributed by atoms with Gasteiger partial charge in [-0.25, -0.2) is 0 Å². The van der Waals surface area contributed by atoms with E-state index in [1.807, 2.05) is 0 Å². The molecule has 0 unspecified atom stereocenters. The molecular formula is C14H29NO. The van der Waals surface area contributed by atoms with Crippen molar-refractivity contribution in [3.05, 3.63) is 0 Å². The lowest BCUT2D eigenvalue weighted by atomic mass is 9.95. The fourth-order valence-electron chi connectivity index (χ4n) is 2.14. The Morgan fingerprint density at radius 2 is 1.88 bits per heavy atom. The first-order valence-corrected chi connectivity index (χ1v) is 7.01. The van der Waals surface area contributed by atoms with Crippen molar-refractivity contribution >= 4 is 0 Å². The van der Waals surface area contributed by atoms with Crippen LogP contribution in [-0.4, -0.2) is 24.8 Å². The third-order valence-electron chi connectivity index (χ3n) is 3.70. The van der Waals surface area contributed by atoms with E-state index in [1.54, 1.807) is 0 Å². The summed E-state index contributed by atoms with van der Waals surface area (Å²) in [6.07, 6.45) is 9.24. The maximum Gasteiger partial charge on any atom is 0.0623 e. The Balaban J connectivity index is 1.95. The van der Waals surface area contributed by atoms with E-state index in [0.717, 1.165) is 32.0 Å². The zero-order valence-electron chi connectivity index (χ0n) is 11.3.